The molecule has 0 aliphatic heterocycles. The van der Waals surface area contributed by atoms with Crippen LogP contribution in [0.3, 0.4) is 0 Å². The van der Waals surface area contributed by atoms with E-state index < -0.39 is 0 Å². The van der Waals surface area contributed by atoms with Gasteiger partial charge in [0.05, 0.1) is 6.20 Å². The number of amides is 2. The smallest absolute Gasteiger partial charge is 0.319 e. The van der Waals surface area contributed by atoms with Crippen LogP contribution in [0.2, 0.25) is 0 Å². The van der Waals surface area contributed by atoms with Crippen molar-refractivity contribution in [3.8, 4) is 11.3 Å². The number of fused-ring (bicyclic) bond motifs is 1. The summed E-state index contributed by atoms with van der Waals surface area (Å²) in [6.07, 6.45) is 3.60. The summed E-state index contributed by atoms with van der Waals surface area (Å²) in [7, 11) is 0. The van der Waals surface area contributed by atoms with Gasteiger partial charge in [-0.3, -0.25) is 5.10 Å². The zero-order valence-electron chi connectivity index (χ0n) is 13.4. The largest absolute Gasteiger partial charge is 0.354 e. The first-order chi connectivity index (χ1) is 12.3. The molecule has 0 aliphatic rings. The minimum atomic E-state index is -0.228. The Morgan fingerprint density at radius 3 is 2.76 bits per heavy atom. The Bertz CT molecular complexity index is 989. The van der Waals surface area contributed by atoms with Crippen LogP contribution in [0, 0.1) is 0 Å². The number of aromatic amines is 2. The molecule has 4 aromatic rings. The number of H-pyrrole nitrogens is 2. The summed E-state index contributed by atoms with van der Waals surface area (Å²) >= 11 is 0. The lowest BCUT2D eigenvalue weighted by atomic mass is 10.2. The molecule has 124 valence electrons. The van der Waals surface area contributed by atoms with Gasteiger partial charge in [0, 0.05) is 40.6 Å². The third-order valence-electron chi connectivity index (χ3n) is 3.98. The van der Waals surface area contributed by atoms with Crippen LogP contribution >= 0.6 is 0 Å². The van der Waals surface area contributed by atoms with E-state index in [1.807, 2.05) is 60.8 Å². The second kappa shape index (κ2) is 6.52. The highest BCUT2D eigenvalue weighted by molar-refractivity contribution is 5.94. The number of urea groups is 1. The van der Waals surface area contributed by atoms with E-state index >= 15 is 0 Å². The molecule has 0 saturated heterocycles. The lowest BCUT2D eigenvalue weighted by Gasteiger charge is -2.07. The number of rotatable bonds is 4. The first-order valence-corrected chi connectivity index (χ1v) is 7.99. The van der Waals surface area contributed by atoms with Crippen molar-refractivity contribution in [1.82, 2.24) is 20.5 Å². The minimum Gasteiger partial charge on any atom is -0.354 e. The summed E-state index contributed by atoms with van der Waals surface area (Å²) in [5, 5.41) is 13.5. The molecule has 6 nitrogen and oxygen atoms in total. The third kappa shape index (κ3) is 3.37. The van der Waals surface area contributed by atoms with E-state index in [1.165, 1.54) is 0 Å². The van der Waals surface area contributed by atoms with Crippen molar-refractivity contribution in [3.05, 3.63) is 72.6 Å². The van der Waals surface area contributed by atoms with Gasteiger partial charge in [-0.1, -0.05) is 30.3 Å². The van der Waals surface area contributed by atoms with E-state index in [4.69, 9.17) is 0 Å². The van der Waals surface area contributed by atoms with Crippen LogP contribution in [0.1, 0.15) is 5.56 Å². The third-order valence-corrected chi connectivity index (χ3v) is 3.98. The molecule has 6 heteroatoms. The lowest BCUT2D eigenvalue weighted by molar-refractivity contribution is 0.251. The van der Waals surface area contributed by atoms with Crippen molar-refractivity contribution in [2.75, 3.05) is 5.32 Å². The molecule has 0 saturated carbocycles. The van der Waals surface area contributed by atoms with Crippen LogP contribution in [0.25, 0.3) is 22.2 Å². The summed E-state index contributed by atoms with van der Waals surface area (Å²) in [5.41, 5.74) is 4.78. The highest BCUT2D eigenvalue weighted by Crippen LogP contribution is 2.25. The van der Waals surface area contributed by atoms with Crippen molar-refractivity contribution in [1.29, 1.82) is 0 Å². The van der Waals surface area contributed by atoms with Crippen LogP contribution < -0.4 is 10.6 Å². The fourth-order valence-electron chi connectivity index (χ4n) is 2.72. The average Bonchev–Trinajstić information content (AvgIpc) is 3.30. The zero-order valence-corrected chi connectivity index (χ0v) is 13.4. The van der Waals surface area contributed by atoms with E-state index in [0.29, 0.717) is 6.54 Å². The van der Waals surface area contributed by atoms with Crippen LogP contribution in [-0.4, -0.2) is 21.2 Å². The van der Waals surface area contributed by atoms with Gasteiger partial charge in [0.1, 0.15) is 0 Å². The second-order valence-corrected chi connectivity index (χ2v) is 5.77. The average molecular weight is 331 g/mol. The monoisotopic (exact) mass is 331 g/mol. The number of hydrogen-bond acceptors (Lipinski definition) is 2. The molecule has 0 unspecified atom stereocenters. The van der Waals surface area contributed by atoms with Crippen LogP contribution in [-0.2, 0) is 6.54 Å². The maximum absolute atomic E-state index is 12.1. The highest BCUT2D eigenvalue weighted by atomic mass is 16.2. The highest BCUT2D eigenvalue weighted by Gasteiger charge is 2.07. The van der Waals surface area contributed by atoms with Gasteiger partial charge in [0.2, 0.25) is 0 Å². The Morgan fingerprint density at radius 1 is 1.08 bits per heavy atom. The molecule has 0 fully saturated rings. The molecular formula is C19H17N5O. The Morgan fingerprint density at radius 2 is 1.96 bits per heavy atom. The fourth-order valence-corrected chi connectivity index (χ4v) is 2.72. The Kier molecular flexibility index (Phi) is 3.92. The standard InChI is InChI=1S/C19H17N5O/c25-19(20-10-13-4-2-1-3-5-13)23-16-6-7-17-14(8-16)9-18(24-17)15-11-21-22-12-15/h1-9,11-12,24H,10H2,(H,21,22)(H2,20,23,25). The van der Waals surface area contributed by atoms with E-state index in [9.17, 15) is 4.79 Å². The number of benzene rings is 2. The van der Waals surface area contributed by atoms with Gasteiger partial charge >= 0.3 is 6.03 Å². The topological polar surface area (TPSA) is 85.6 Å². The number of hydrogen-bond donors (Lipinski definition) is 4. The molecule has 2 amide bonds. The molecule has 0 bridgehead atoms. The van der Waals surface area contributed by atoms with Gasteiger partial charge in [0.25, 0.3) is 0 Å². The predicted octanol–water partition coefficient (Wildman–Crippen LogP) is 3.88. The summed E-state index contributed by atoms with van der Waals surface area (Å²) in [4.78, 5) is 15.4. The Labute approximate surface area is 144 Å². The van der Waals surface area contributed by atoms with Gasteiger partial charge < -0.3 is 15.6 Å². The van der Waals surface area contributed by atoms with Gasteiger partial charge in [-0.15, -0.1) is 0 Å². The van der Waals surface area contributed by atoms with Gasteiger partial charge in [0.15, 0.2) is 0 Å². The molecule has 4 rings (SSSR count). The van der Waals surface area contributed by atoms with E-state index in [1.54, 1.807) is 6.20 Å². The number of nitrogens with one attached hydrogen (secondary N) is 4. The van der Waals surface area contributed by atoms with Crippen LogP contribution in [0.15, 0.2) is 67.0 Å². The van der Waals surface area contributed by atoms with Gasteiger partial charge in [-0.05, 0) is 29.8 Å². The fraction of sp³-hybridized carbons (Fsp3) is 0.0526. The number of anilines is 1. The van der Waals surface area contributed by atoms with E-state index in [-0.39, 0.29) is 6.03 Å². The Balaban J connectivity index is 1.45. The van der Waals surface area contributed by atoms with Crippen molar-refractivity contribution in [3.63, 3.8) is 0 Å². The molecule has 0 aliphatic carbocycles. The van der Waals surface area contributed by atoms with E-state index in [2.05, 4.69) is 25.8 Å². The minimum absolute atomic E-state index is 0.228. The van der Waals surface area contributed by atoms with Gasteiger partial charge in [-0.2, -0.15) is 5.10 Å². The maximum Gasteiger partial charge on any atom is 0.319 e. The van der Waals surface area contributed by atoms with Crippen molar-refractivity contribution in [2.45, 2.75) is 6.54 Å². The Hall–Kier alpha value is -3.54. The first kappa shape index (κ1) is 15.0. The van der Waals surface area contributed by atoms with Gasteiger partial charge in [-0.25, -0.2) is 4.79 Å². The second-order valence-electron chi connectivity index (χ2n) is 5.77. The number of carbonyl (C=O) groups excluding carboxylic acids is 1. The predicted molar refractivity (Wildman–Crippen MR) is 98.2 cm³/mol. The number of aromatic nitrogens is 3. The normalized spacial score (nSPS) is 10.7. The quantitative estimate of drug-likeness (QED) is 0.457. The molecule has 4 N–H and O–H groups in total. The summed E-state index contributed by atoms with van der Waals surface area (Å²) < 4.78 is 0. The lowest BCUT2D eigenvalue weighted by Crippen LogP contribution is -2.28. The molecule has 2 heterocycles. The number of nitrogens with zero attached hydrogens (tertiary/aromatic N) is 1. The number of carbonyl (C=O) groups is 1. The molecule has 25 heavy (non-hydrogen) atoms. The molecule has 0 atom stereocenters. The molecular weight excluding hydrogens is 314 g/mol. The van der Waals surface area contributed by atoms with Crippen molar-refractivity contribution in [2.24, 2.45) is 0 Å². The first-order valence-electron chi connectivity index (χ1n) is 7.99. The summed E-state index contributed by atoms with van der Waals surface area (Å²) in [6, 6.07) is 17.4. The van der Waals surface area contributed by atoms with Crippen LogP contribution in [0.5, 0.6) is 0 Å². The summed E-state index contributed by atoms with van der Waals surface area (Å²) in [6.45, 7) is 0.490. The maximum atomic E-state index is 12.1. The zero-order chi connectivity index (χ0) is 17.1. The molecule has 2 aromatic carbocycles. The van der Waals surface area contributed by atoms with Crippen molar-refractivity contribution < 1.29 is 4.79 Å². The van der Waals surface area contributed by atoms with Crippen molar-refractivity contribution >= 4 is 22.6 Å². The van der Waals surface area contributed by atoms with E-state index in [0.717, 1.165) is 33.4 Å². The molecule has 0 radical (unpaired) electrons. The molecule has 2 aromatic heterocycles. The molecule has 0 spiro atoms. The SMILES string of the molecule is O=C(NCc1ccccc1)Nc1ccc2[nH]c(-c3cn[nH]c3)cc2c1. The summed E-state index contributed by atoms with van der Waals surface area (Å²) in [5.74, 6) is 0. The van der Waals surface area contributed by atoms with Crippen LogP contribution in [0.4, 0.5) is 10.5 Å².